The Kier molecular flexibility index (Phi) is 15.9. The second kappa shape index (κ2) is 20.0. The molecule has 0 fully saturated rings. The number of ketones is 1. The molecule has 310 valence electrons. The first-order valence-electron chi connectivity index (χ1n) is 20.0. The molecule has 0 unspecified atom stereocenters. The number of esters is 1. The molecule has 14 heteroatoms. The number of carbonyl (C=O) groups is 4. The molecule has 0 saturated heterocycles. The van der Waals surface area contributed by atoms with Gasteiger partial charge in [0, 0.05) is 95.5 Å². The Hall–Kier alpha value is -4.22. The van der Waals surface area contributed by atoms with Crippen LogP contribution in [0.4, 0.5) is 0 Å². The van der Waals surface area contributed by atoms with E-state index in [-0.39, 0.29) is 69.1 Å². The average molecular weight is 876 g/mol. The molecule has 3 aromatic heterocycles. The van der Waals surface area contributed by atoms with E-state index in [2.05, 4.69) is 53.2 Å². The number of carboxylic acid groups (broad SMARTS) is 1. The molecule has 57 heavy (non-hydrogen) atoms. The number of aromatic amines is 2. The number of nitrogens with zero attached hydrogens (tertiary/aromatic N) is 3. The van der Waals surface area contributed by atoms with Crippen LogP contribution < -0.4 is 10.6 Å². The molecule has 5 N–H and O–H groups in total. The number of rotatable bonds is 16. The summed E-state index contributed by atoms with van der Waals surface area (Å²) in [5.74, 6) is -2.38. The van der Waals surface area contributed by atoms with Crippen molar-refractivity contribution in [2.75, 3.05) is 46.4 Å². The predicted molar refractivity (Wildman–Crippen MR) is 219 cm³/mol. The number of aromatic nitrogens is 4. The number of carbonyl (C=O) groups excluding carboxylic acids is 3. The van der Waals surface area contributed by atoms with Crippen LogP contribution in [0.3, 0.4) is 0 Å². The van der Waals surface area contributed by atoms with Crippen LogP contribution in [0.2, 0.25) is 0 Å². The van der Waals surface area contributed by atoms with Gasteiger partial charge in [-0.1, -0.05) is 34.6 Å². The van der Waals surface area contributed by atoms with Crippen LogP contribution in [0, 0.1) is 13.8 Å². The summed E-state index contributed by atoms with van der Waals surface area (Å²) in [5, 5.41) is 16.3. The van der Waals surface area contributed by atoms with E-state index in [9.17, 15) is 24.3 Å². The van der Waals surface area contributed by atoms with Crippen molar-refractivity contribution in [1.29, 1.82) is 0 Å². The average Bonchev–Trinajstić information content (AvgIpc) is 3.85. The van der Waals surface area contributed by atoms with E-state index in [1.54, 1.807) is 6.92 Å². The summed E-state index contributed by atoms with van der Waals surface area (Å²) >= 11 is 0. The number of Topliss-reactive ketones (excluding diaryl/α,β-unsaturated/α-hetero) is 1. The number of amides is 1. The number of hydrogen-bond donors (Lipinski definition) is 5. The van der Waals surface area contributed by atoms with Crippen molar-refractivity contribution in [1.82, 2.24) is 35.5 Å². The van der Waals surface area contributed by atoms with Crippen molar-refractivity contribution in [3.63, 3.8) is 0 Å². The Morgan fingerprint density at radius 2 is 1.46 bits per heavy atom. The summed E-state index contributed by atoms with van der Waals surface area (Å²) in [7, 11) is 1.32. The number of ether oxygens (including phenoxy) is 1. The number of H-pyrrole nitrogens is 2. The third-order valence-corrected chi connectivity index (χ3v) is 11.8. The molecule has 0 aromatic carbocycles. The number of hydrogen-bond acceptors (Lipinski definition) is 9. The quantitative estimate of drug-likeness (QED) is 0.0458. The second-order valence-corrected chi connectivity index (χ2v) is 15.1. The molecule has 0 saturated carbocycles. The number of carboxylic acids is 1. The molecule has 8 bridgehead atoms. The molecule has 4 atom stereocenters. The summed E-state index contributed by atoms with van der Waals surface area (Å²) in [6, 6.07) is 5.87. The van der Waals surface area contributed by atoms with Crippen LogP contribution in [0.1, 0.15) is 145 Å². The van der Waals surface area contributed by atoms with E-state index in [4.69, 9.17) is 14.7 Å². The van der Waals surface area contributed by atoms with Crippen molar-refractivity contribution in [2.45, 2.75) is 105 Å². The van der Waals surface area contributed by atoms with E-state index < -0.39 is 17.9 Å². The Morgan fingerprint density at radius 3 is 2.09 bits per heavy atom. The van der Waals surface area contributed by atoms with Gasteiger partial charge in [0.05, 0.1) is 35.8 Å². The smallest absolute Gasteiger partial charge is 0.481 e. The third kappa shape index (κ3) is 9.91. The van der Waals surface area contributed by atoms with Gasteiger partial charge in [0.25, 0.3) is 5.91 Å². The van der Waals surface area contributed by atoms with Gasteiger partial charge in [-0.2, -0.15) is 0 Å². The van der Waals surface area contributed by atoms with E-state index in [1.807, 2.05) is 39.0 Å². The van der Waals surface area contributed by atoms with Gasteiger partial charge in [0.15, 0.2) is 5.78 Å². The monoisotopic (exact) mass is 875 g/mol. The van der Waals surface area contributed by atoms with E-state index in [0.29, 0.717) is 68.8 Å². The van der Waals surface area contributed by atoms with Crippen molar-refractivity contribution in [2.24, 2.45) is 0 Å². The fourth-order valence-corrected chi connectivity index (χ4v) is 8.38. The molecule has 5 rings (SSSR count). The molecule has 2 aliphatic rings. The van der Waals surface area contributed by atoms with Gasteiger partial charge in [0.2, 0.25) is 0 Å². The van der Waals surface area contributed by atoms with Gasteiger partial charge < -0.3 is 35.3 Å². The van der Waals surface area contributed by atoms with Crippen molar-refractivity contribution >= 4 is 45.7 Å². The van der Waals surface area contributed by atoms with E-state index in [0.717, 1.165) is 49.6 Å². The van der Waals surface area contributed by atoms with Crippen LogP contribution in [0.5, 0.6) is 0 Å². The van der Waals surface area contributed by atoms with Crippen LogP contribution in [0.25, 0.3) is 22.1 Å². The maximum Gasteiger partial charge on any atom is 2.00 e. The van der Waals surface area contributed by atoms with Crippen LogP contribution >= 0.6 is 0 Å². The minimum absolute atomic E-state index is 0. The molecule has 0 aliphatic carbocycles. The maximum atomic E-state index is 14.3. The Labute approximate surface area is 349 Å². The second-order valence-electron chi connectivity index (χ2n) is 15.1. The van der Waals surface area contributed by atoms with Gasteiger partial charge in [-0.3, -0.25) is 29.1 Å². The minimum Gasteiger partial charge on any atom is -0.481 e. The molecule has 0 radical (unpaired) electrons. The number of fused-ring (bicyclic) bond motifs is 8. The Bertz CT molecular complexity index is 2140. The summed E-state index contributed by atoms with van der Waals surface area (Å²) in [5.41, 5.74) is 8.29. The summed E-state index contributed by atoms with van der Waals surface area (Å²) in [6.07, 6.45) is 0.751. The predicted octanol–water partition coefficient (Wildman–Crippen LogP) is 6.56. The summed E-state index contributed by atoms with van der Waals surface area (Å²) in [6.45, 7) is 20.5. The molecular formula is C43H59N7O6Pd+2. The minimum atomic E-state index is -0.945. The zero-order chi connectivity index (χ0) is 40.8. The topological polar surface area (TPSA) is 182 Å². The van der Waals surface area contributed by atoms with Gasteiger partial charge in [-0.25, -0.2) is 0 Å². The van der Waals surface area contributed by atoms with E-state index in [1.165, 1.54) is 7.11 Å². The standard InChI is InChI=1S/C43H59N7O6.Pd/c1-10-28-23(4)31-22-36-39(27(8)51)25(6)33(47-36)20-32-24(5)29(13-14-37(52)53)41(48-32)30(19-38(54)56-9)42-40(26(7)34(49-42)21-35(28)46-31)43(55)45-16-15-44-17-18-50(11-2)12-3;/h20-24,28-29,44,47,49H,10-19H2,1-9H3,(H,45,55)(H,52,53);/q;+2/t23-,24+,28-,29+;/m1./s1. The molecule has 0 spiro atoms. The van der Waals surface area contributed by atoms with Crippen molar-refractivity contribution < 1.29 is 49.4 Å². The van der Waals surface area contributed by atoms with Gasteiger partial charge in [-0.15, -0.1) is 0 Å². The first-order chi connectivity index (χ1) is 26.7. The molecule has 13 nitrogen and oxygen atoms in total. The number of methoxy groups -OCH3 is 1. The van der Waals surface area contributed by atoms with Crippen LogP contribution in [-0.4, -0.2) is 99.9 Å². The normalized spacial score (nSPS) is 17.6. The van der Waals surface area contributed by atoms with Crippen LogP contribution in [0.15, 0.2) is 18.2 Å². The van der Waals surface area contributed by atoms with E-state index >= 15 is 0 Å². The molecule has 5 heterocycles. The van der Waals surface area contributed by atoms with Gasteiger partial charge >= 0.3 is 32.4 Å². The molecule has 3 aromatic rings. The fourth-order valence-electron chi connectivity index (χ4n) is 8.38. The zero-order valence-corrected chi connectivity index (χ0v) is 36.3. The van der Waals surface area contributed by atoms with Crippen molar-refractivity contribution in [3.8, 4) is 0 Å². The van der Waals surface area contributed by atoms with Crippen LogP contribution in [-0.2, 0) is 41.2 Å². The first kappa shape index (κ1) is 45.5. The fraction of sp³-hybridized carbons (Fsp3) is 0.535. The summed E-state index contributed by atoms with van der Waals surface area (Å²) < 4.78 is 5.20. The zero-order valence-electron chi connectivity index (χ0n) is 34.8. The van der Waals surface area contributed by atoms with Gasteiger partial charge in [0.1, 0.15) is 0 Å². The van der Waals surface area contributed by atoms with Crippen molar-refractivity contribution in [3.05, 3.63) is 68.8 Å². The number of aryl methyl sites for hydroxylation is 2. The largest absolute Gasteiger partial charge is 2.00 e. The third-order valence-electron chi connectivity index (χ3n) is 11.8. The maximum absolute atomic E-state index is 14.3. The van der Waals surface area contributed by atoms with Gasteiger partial charge in [-0.05, 0) is 76.0 Å². The summed E-state index contributed by atoms with van der Waals surface area (Å²) in [4.78, 5) is 72.3. The molecule has 1 amide bonds. The Morgan fingerprint density at radius 1 is 0.842 bits per heavy atom. The Balaban J connectivity index is 0.00000720. The first-order valence-corrected chi connectivity index (χ1v) is 20.0. The number of nitrogens with one attached hydrogen (secondary N) is 4. The number of likely N-dealkylation sites (N-methyl/N-ethyl adjacent to an activating group) is 1. The molecule has 2 aliphatic heterocycles. The number of aliphatic carboxylic acids is 1. The molecular weight excluding hydrogens is 817 g/mol. The SMILES string of the molecule is CC[C@H]1c2cc3[nH]c(c(CC(=O)OC)c4nc(cc5[nH]c(cc(n2)[C@@H]1C)c(C(C)=O)c5C)[C@@H](C)[C@@H]4CCC(=O)O)c(C(=O)NCCNCCN(CC)CC)c3C.[Pd+2].